The maximum absolute atomic E-state index is 5.96. The second-order valence-electron chi connectivity index (χ2n) is 5.74. The van der Waals surface area contributed by atoms with Crippen LogP contribution < -0.4 is 11.3 Å². The molecule has 0 bridgehead atoms. The molecule has 0 saturated heterocycles. The molecule has 104 valence electrons. The molecule has 0 heterocycles. The number of hydrogen-bond acceptors (Lipinski definition) is 2. The zero-order valence-electron chi connectivity index (χ0n) is 11.8. The van der Waals surface area contributed by atoms with Crippen LogP contribution in [0.5, 0.6) is 0 Å². The van der Waals surface area contributed by atoms with Crippen molar-refractivity contribution in [2.75, 3.05) is 0 Å². The largest absolute Gasteiger partial charge is 0.271 e. The van der Waals surface area contributed by atoms with E-state index in [0.29, 0.717) is 0 Å². The summed E-state index contributed by atoms with van der Waals surface area (Å²) < 4.78 is 0. The van der Waals surface area contributed by atoms with E-state index in [1.165, 1.54) is 36.8 Å². The Morgan fingerprint density at radius 3 is 1.95 bits per heavy atom. The standard InChI is InChI=1S/C18H22N2/c19-20-17(15-9-3-1-4-10-15)18(13-7-8-14-18)16-11-5-2-6-12-16/h1-6,9-12,17,20H,7-8,13-14,19H2. The van der Waals surface area contributed by atoms with Crippen molar-refractivity contribution in [2.24, 2.45) is 5.84 Å². The van der Waals surface area contributed by atoms with E-state index in [1.807, 2.05) is 0 Å². The van der Waals surface area contributed by atoms with Crippen molar-refractivity contribution in [3.8, 4) is 0 Å². The Hall–Kier alpha value is -1.64. The van der Waals surface area contributed by atoms with Crippen molar-refractivity contribution in [1.29, 1.82) is 0 Å². The quantitative estimate of drug-likeness (QED) is 0.654. The molecule has 1 aliphatic carbocycles. The fourth-order valence-corrected chi connectivity index (χ4v) is 3.74. The lowest BCUT2D eigenvalue weighted by Gasteiger charge is -2.38. The van der Waals surface area contributed by atoms with Gasteiger partial charge >= 0.3 is 0 Å². The summed E-state index contributed by atoms with van der Waals surface area (Å²) in [6.45, 7) is 0. The Morgan fingerprint density at radius 2 is 1.40 bits per heavy atom. The molecule has 20 heavy (non-hydrogen) atoms. The molecule has 0 aromatic heterocycles. The first-order valence-electron chi connectivity index (χ1n) is 7.43. The predicted molar refractivity (Wildman–Crippen MR) is 83.1 cm³/mol. The molecule has 3 rings (SSSR count). The fraction of sp³-hybridized carbons (Fsp3) is 0.333. The van der Waals surface area contributed by atoms with Crippen LogP contribution in [0.25, 0.3) is 0 Å². The van der Waals surface area contributed by atoms with Crippen molar-refractivity contribution in [3.05, 3.63) is 71.8 Å². The van der Waals surface area contributed by atoms with Gasteiger partial charge in [0.1, 0.15) is 0 Å². The smallest absolute Gasteiger partial charge is 0.0556 e. The van der Waals surface area contributed by atoms with Crippen LogP contribution in [0.15, 0.2) is 60.7 Å². The molecule has 2 heteroatoms. The van der Waals surface area contributed by atoms with Crippen LogP contribution in [0.1, 0.15) is 42.9 Å². The molecular weight excluding hydrogens is 244 g/mol. The van der Waals surface area contributed by atoms with Gasteiger partial charge in [0.15, 0.2) is 0 Å². The summed E-state index contributed by atoms with van der Waals surface area (Å²) >= 11 is 0. The summed E-state index contributed by atoms with van der Waals surface area (Å²) in [5, 5.41) is 0. The molecule has 0 spiro atoms. The maximum atomic E-state index is 5.96. The van der Waals surface area contributed by atoms with Crippen molar-refractivity contribution < 1.29 is 0 Å². The molecule has 1 saturated carbocycles. The molecule has 2 aromatic rings. The van der Waals surface area contributed by atoms with Crippen molar-refractivity contribution in [1.82, 2.24) is 5.43 Å². The fourth-order valence-electron chi connectivity index (χ4n) is 3.74. The highest BCUT2D eigenvalue weighted by molar-refractivity contribution is 5.34. The second-order valence-corrected chi connectivity index (χ2v) is 5.74. The van der Waals surface area contributed by atoms with Gasteiger partial charge in [-0.25, -0.2) is 0 Å². The van der Waals surface area contributed by atoms with E-state index in [0.717, 1.165) is 0 Å². The number of benzene rings is 2. The van der Waals surface area contributed by atoms with Gasteiger partial charge in [0.05, 0.1) is 6.04 Å². The van der Waals surface area contributed by atoms with E-state index < -0.39 is 0 Å². The highest BCUT2D eigenvalue weighted by atomic mass is 15.2. The number of rotatable bonds is 4. The molecule has 0 amide bonds. The SMILES string of the molecule is NNC(c1ccccc1)C1(c2ccccc2)CCCC1. The Bertz CT molecular complexity index is 530. The molecule has 2 aromatic carbocycles. The molecular formula is C18H22N2. The number of nitrogens with one attached hydrogen (secondary N) is 1. The average molecular weight is 266 g/mol. The second kappa shape index (κ2) is 5.78. The minimum Gasteiger partial charge on any atom is -0.271 e. The Balaban J connectivity index is 2.06. The minimum atomic E-state index is 0.122. The van der Waals surface area contributed by atoms with Gasteiger partial charge in [0, 0.05) is 5.41 Å². The third kappa shape index (κ3) is 2.26. The van der Waals surface area contributed by atoms with Crippen LogP contribution >= 0.6 is 0 Å². The lowest BCUT2D eigenvalue weighted by Crippen LogP contribution is -2.43. The van der Waals surface area contributed by atoms with Crippen molar-refractivity contribution in [3.63, 3.8) is 0 Å². The van der Waals surface area contributed by atoms with E-state index >= 15 is 0 Å². The van der Waals surface area contributed by atoms with Gasteiger partial charge in [-0.2, -0.15) is 0 Å². The van der Waals surface area contributed by atoms with Crippen LogP contribution in [0, 0.1) is 0 Å². The molecule has 0 radical (unpaired) electrons. The highest BCUT2D eigenvalue weighted by Crippen LogP contribution is 2.49. The number of hydrogen-bond donors (Lipinski definition) is 2. The van der Waals surface area contributed by atoms with Gasteiger partial charge in [0.25, 0.3) is 0 Å². The summed E-state index contributed by atoms with van der Waals surface area (Å²) in [4.78, 5) is 0. The van der Waals surface area contributed by atoms with E-state index in [4.69, 9.17) is 5.84 Å². The third-order valence-electron chi connectivity index (χ3n) is 4.70. The Labute approximate surface area is 121 Å². The summed E-state index contributed by atoms with van der Waals surface area (Å²) in [6, 6.07) is 21.6. The molecule has 1 atom stereocenters. The average Bonchev–Trinajstić information content (AvgIpc) is 3.01. The third-order valence-corrected chi connectivity index (χ3v) is 4.70. The molecule has 3 N–H and O–H groups in total. The monoisotopic (exact) mass is 266 g/mol. The molecule has 1 unspecified atom stereocenters. The first-order chi connectivity index (χ1) is 9.87. The van der Waals surface area contributed by atoms with Gasteiger partial charge < -0.3 is 0 Å². The van der Waals surface area contributed by atoms with Gasteiger partial charge in [-0.3, -0.25) is 11.3 Å². The first kappa shape index (κ1) is 13.3. The summed E-state index contributed by atoms with van der Waals surface area (Å²) in [7, 11) is 0. The molecule has 2 nitrogen and oxygen atoms in total. The van der Waals surface area contributed by atoms with E-state index in [2.05, 4.69) is 66.1 Å². The Morgan fingerprint density at radius 1 is 0.850 bits per heavy atom. The van der Waals surface area contributed by atoms with Crippen LogP contribution in [-0.4, -0.2) is 0 Å². The van der Waals surface area contributed by atoms with Gasteiger partial charge in [-0.1, -0.05) is 73.5 Å². The molecule has 1 fully saturated rings. The molecule has 0 aliphatic heterocycles. The maximum Gasteiger partial charge on any atom is 0.0556 e. The van der Waals surface area contributed by atoms with Crippen LogP contribution in [0.4, 0.5) is 0 Å². The predicted octanol–water partition coefficient (Wildman–Crippen LogP) is 3.70. The van der Waals surface area contributed by atoms with E-state index in [9.17, 15) is 0 Å². The zero-order valence-corrected chi connectivity index (χ0v) is 11.8. The normalized spacial score (nSPS) is 18.9. The van der Waals surface area contributed by atoms with Crippen molar-refractivity contribution >= 4 is 0 Å². The van der Waals surface area contributed by atoms with Crippen molar-refractivity contribution in [2.45, 2.75) is 37.1 Å². The minimum absolute atomic E-state index is 0.122. The highest BCUT2D eigenvalue weighted by Gasteiger charge is 2.42. The summed E-state index contributed by atoms with van der Waals surface area (Å²) in [5.41, 5.74) is 5.91. The van der Waals surface area contributed by atoms with E-state index in [1.54, 1.807) is 0 Å². The van der Waals surface area contributed by atoms with Gasteiger partial charge in [-0.05, 0) is 24.0 Å². The number of hydrazine groups is 1. The lowest BCUT2D eigenvalue weighted by molar-refractivity contribution is 0.303. The van der Waals surface area contributed by atoms with Crippen LogP contribution in [-0.2, 0) is 5.41 Å². The topological polar surface area (TPSA) is 38.0 Å². The Kier molecular flexibility index (Phi) is 3.86. The molecule has 1 aliphatic rings. The summed E-state index contributed by atoms with van der Waals surface area (Å²) in [6.07, 6.45) is 4.95. The van der Waals surface area contributed by atoms with E-state index in [-0.39, 0.29) is 11.5 Å². The van der Waals surface area contributed by atoms with Crippen LogP contribution in [0.3, 0.4) is 0 Å². The van der Waals surface area contributed by atoms with Crippen LogP contribution in [0.2, 0.25) is 0 Å². The lowest BCUT2D eigenvalue weighted by atomic mass is 9.70. The summed E-state index contributed by atoms with van der Waals surface area (Å²) in [5.74, 6) is 5.96. The first-order valence-corrected chi connectivity index (χ1v) is 7.43. The van der Waals surface area contributed by atoms with Gasteiger partial charge in [0.2, 0.25) is 0 Å². The number of nitrogens with two attached hydrogens (primary N) is 1. The van der Waals surface area contributed by atoms with Gasteiger partial charge in [-0.15, -0.1) is 0 Å². The zero-order chi connectivity index (χ0) is 13.8.